The molecule has 0 radical (unpaired) electrons. The summed E-state index contributed by atoms with van der Waals surface area (Å²) in [4.78, 5) is 24.3. The van der Waals surface area contributed by atoms with Crippen LogP contribution in [0.5, 0.6) is 0 Å². The molecule has 7 heteroatoms. The van der Waals surface area contributed by atoms with E-state index in [0.29, 0.717) is 13.2 Å². The first kappa shape index (κ1) is 24.6. The summed E-state index contributed by atoms with van der Waals surface area (Å²) < 4.78 is 5.81. The van der Waals surface area contributed by atoms with Crippen molar-refractivity contribution in [2.24, 2.45) is 11.7 Å². The van der Waals surface area contributed by atoms with E-state index in [1.54, 1.807) is 0 Å². The number of amides is 2. The molecule has 1 unspecified atom stereocenters. The number of benzene rings is 2. The Kier molecular flexibility index (Phi) is 11.0. The van der Waals surface area contributed by atoms with Crippen LogP contribution in [0.15, 0.2) is 60.7 Å². The molecular weight excluding hydrogens is 390 g/mol. The number of hydrogen-bond donors (Lipinski definition) is 3. The molecular formula is C22H30ClN3O3. The van der Waals surface area contributed by atoms with Gasteiger partial charge in [-0.1, -0.05) is 74.5 Å². The van der Waals surface area contributed by atoms with E-state index in [1.165, 1.54) is 0 Å². The van der Waals surface area contributed by atoms with Gasteiger partial charge >= 0.3 is 0 Å². The predicted octanol–water partition coefficient (Wildman–Crippen LogP) is 2.58. The maximum absolute atomic E-state index is 12.3. The summed E-state index contributed by atoms with van der Waals surface area (Å²) in [5, 5.41) is 5.51. The topological polar surface area (TPSA) is 93.5 Å². The van der Waals surface area contributed by atoms with Crippen molar-refractivity contribution < 1.29 is 14.3 Å². The van der Waals surface area contributed by atoms with Crippen LogP contribution in [0, 0.1) is 5.92 Å². The molecule has 0 saturated carbocycles. The number of ether oxygens (including phenoxy) is 1. The lowest BCUT2D eigenvalue weighted by Gasteiger charge is -2.20. The van der Waals surface area contributed by atoms with E-state index in [9.17, 15) is 9.59 Å². The van der Waals surface area contributed by atoms with Gasteiger partial charge in [0.2, 0.25) is 11.8 Å². The highest BCUT2D eigenvalue weighted by molar-refractivity contribution is 5.87. The number of nitrogens with two attached hydrogens (primary N) is 1. The summed E-state index contributed by atoms with van der Waals surface area (Å²) in [6.45, 7) is 4.38. The molecule has 0 spiro atoms. The summed E-state index contributed by atoms with van der Waals surface area (Å²) >= 11 is 0. The maximum atomic E-state index is 12.3. The average molecular weight is 420 g/mol. The minimum atomic E-state index is -0.632. The molecule has 6 nitrogen and oxygen atoms in total. The van der Waals surface area contributed by atoms with Gasteiger partial charge in [0.1, 0.15) is 0 Å². The molecule has 0 bridgehead atoms. The zero-order valence-electron chi connectivity index (χ0n) is 16.8. The molecule has 158 valence electrons. The first-order chi connectivity index (χ1) is 13.5. The number of halogens is 1. The molecule has 0 heterocycles. The summed E-state index contributed by atoms with van der Waals surface area (Å²) in [6, 6.07) is 18.5. The Morgan fingerprint density at radius 2 is 1.59 bits per heavy atom. The fraction of sp³-hybridized carbons (Fsp3) is 0.364. The quantitative estimate of drug-likeness (QED) is 0.551. The lowest BCUT2D eigenvalue weighted by molar-refractivity contribution is -0.127. The van der Waals surface area contributed by atoms with Gasteiger partial charge in [-0.2, -0.15) is 0 Å². The number of carbonyl (C=O) groups excluding carboxylic acids is 2. The summed E-state index contributed by atoms with van der Waals surface area (Å²) in [6.07, 6.45) is 0. The standard InChI is InChI=1S/C22H29N3O3.ClH/c1-16(2)21(23)22(27)24-13-20(26)25-19(18-11-7-4-8-12-18)15-28-14-17-9-5-3-6-10-17;/h3-12,16,19,21H,13-15,23H2,1-2H3,(H,24,27)(H,25,26);1H/t19?,21-;/m0./s1. The van der Waals surface area contributed by atoms with Crippen molar-refractivity contribution in [1.29, 1.82) is 0 Å². The van der Waals surface area contributed by atoms with Gasteiger partial charge in [-0.3, -0.25) is 9.59 Å². The molecule has 2 aromatic carbocycles. The Balaban J connectivity index is 0.00000420. The van der Waals surface area contributed by atoms with Crippen molar-refractivity contribution in [3.8, 4) is 0 Å². The molecule has 2 atom stereocenters. The fourth-order valence-electron chi connectivity index (χ4n) is 2.61. The highest BCUT2D eigenvalue weighted by atomic mass is 35.5. The predicted molar refractivity (Wildman–Crippen MR) is 116 cm³/mol. The van der Waals surface area contributed by atoms with E-state index in [2.05, 4.69) is 10.6 Å². The van der Waals surface area contributed by atoms with Crippen molar-refractivity contribution in [3.63, 3.8) is 0 Å². The first-order valence-electron chi connectivity index (χ1n) is 9.46. The second-order valence-electron chi connectivity index (χ2n) is 7.02. The smallest absolute Gasteiger partial charge is 0.239 e. The highest BCUT2D eigenvalue weighted by Crippen LogP contribution is 2.14. The Labute approximate surface area is 178 Å². The van der Waals surface area contributed by atoms with E-state index in [0.717, 1.165) is 11.1 Å². The third kappa shape index (κ3) is 8.64. The number of rotatable bonds is 10. The summed E-state index contributed by atoms with van der Waals surface area (Å²) in [5.74, 6) is -0.616. The van der Waals surface area contributed by atoms with E-state index < -0.39 is 6.04 Å². The van der Waals surface area contributed by atoms with Crippen LogP contribution >= 0.6 is 12.4 Å². The monoisotopic (exact) mass is 419 g/mol. The zero-order chi connectivity index (χ0) is 20.4. The van der Waals surface area contributed by atoms with E-state index in [1.807, 2.05) is 74.5 Å². The number of nitrogens with one attached hydrogen (secondary N) is 2. The molecule has 0 aliphatic carbocycles. The Bertz CT molecular complexity index is 741. The van der Waals surface area contributed by atoms with Crippen molar-refractivity contribution in [2.45, 2.75) is 32.5 Å². The average Bonchev–Trinajstić information content (AvgIpc) is 2.72. The normalized spacial score (nSPS) is 12.6. The lowest BCUT2D eigenvalue weighted by atomic mass is 10.1. The minimum Gasteiger partial charge on any atom is -0.374 e. The van der Waals surface area contributed by atoms with Gasteiger partial charge in [0.15, 0.2) is 0 Å². The van der Waals surface area contributed by atoms with Gasteiger partial charge in [0.05, 0.1) is 31.8 Å². The van der Waals surface area contributed by atoms with E-state index in [-0.39, 0.29) is 42.7 Å². The highest BCUT2D eigenvalue weighted by Gasteiger charge is 2.19. The fourth-order valence-corrected chi connectivity index (χ4v) is 2.61. The van der Waals surface area contributed by atoms with E-state index in [4.69, 9.17) is 10.5 Å². The Hall–Kier alpha value is -2.41. The molecule has 0 saturated heterocycles. The minimum absolute atomic E-state index is 0. The Morgan fingerprint density at radius 3 is 2.17 bits per heavy atom. The number of carbonyl (C=O) groups is 2. The molecule has 2 amide bonds. The molecule has 2 rings (SSSR count). The third-order valence-corrected chi connectivity index (χ3v) is 4.38. The van der Waals surface area contributed by atoms with Gasteiger partial charge in [-0.15, -0.1) is 12.4 Å². The molecule has 4 N–H and O–H groups in total. The molecule has 0 aliphatic rings. The Morgan fingerprint density at radius 1 is 1.00 bits per heavy atom. The van der Waals surface area contributed by atoms with Crippen molar-refractivity contribution >= 4 is 24.2 Å². The van der Waals surface area contributed by atoms with Crippen molar-refractivity contribution in [3.05, 3.63) is 71.8 Å². The van der Waals surface area contributed by atoms with Gasteiger partial charge in [-0.05, 0) is 17.0 Å². The van der Waals surface area contributed by atoms with Crippen LogP contribution in [0.25, 0.3) is 0 Å². The first-order valence-corrected chi connectivity index (χ1v) is 9.46. The van der Waals surface area contributed by atoms with Crippen LogP contribution in [0.3, 0.4) is 0 Å². The molecule has 0 fully saturated rings. The summed E-state index contributed by atoms with van der Waals surface area (Å²) in [7, 11) is 0. The van der Waals surface area contributed by atoms with Crippen LogP contribution in [0.4, 0.5) is 0 Å². The van der Waals surface area contributed by atoms with Crippen LogP contribution in [-0.4, -0.2) is 31.0 Å². The lowest BCUT2D eigenvalue weighted by Crippen LogP contribution is -2.47. The van der Waals surface area contributed by atoms with Crippen LogP contribution in [-0.2, 0) is 20.9 Å². The van der Waals surface area contributed by atoms with Crippen molar-refractivity contribution in [1.82, 2.24) is 10.6 Å². The van der Waals surface area contributed by atoms with Crippen molar-refractivity contribution in [2.75, 3.05) is 13.2 Å². The third-order valence-electron chi connectivity index (χ3n) is 4.38. The maximum Gasteiger partial charge on any atom is 0.239 e. The second-order valence-corrected chi connectivity index (χ2v) is 7.02. The largest absolute Gasteiger partial charge is 0.374 e. The SMILES string of the molecule is CC(C)[C@H](N)C(=O)NCC(=O)NC(COCc1ccccc1)c1ccccc1.Cl. The van der Waals surface area contributed by atoms with Crippen LogP contribution in [0.2, 0.25) is 0 Å². The van der Waals surface area contributed by atoms with E-state index >= 15 is 0 Å². The van der Waals surface area contributed by atoms with Crippen LogP contribution < -0.4 is 16.4 Å². The van der Waals surface area contributed by atoms with Gasteiger partial charge < -0.3 is 21.1 Å². The van der Waals surface area contributed by atoms with Gasteiger partial charge in [0, 0.05) is 0 Å². The number of hydrogen-bond acceptors (Lipinski definition) is 4. The summed E-state index contributed by atoms with van der Waals surface area (Å²) in [5.41, 5.74) is 7.80. The second kappa shape index (κ2) is 12.9. The molecule has 2 aromatic rings. The zero-order valence-corrected chi connectivity index (χ0v) is 17.7. The molecule has 0 aromatic heterocycles. The van der Waals surface area contributed by atoms with Gasteiger partial charge in [0.25, 0.3) is 0 Å². The molecule has 0 aliphatic heterocycles. The molecule has 29 heavy (non-hydrogen) atoms. The van der Waals surface area contributed by atoms with Gasteiger partial charge in [-0.25, -0.2) is 0 Å². The van der Waals surface area contributed by atoms with Crippen LogP contribution in [0.1, 0.15) is 31.0 Å².